The summed E-state index contributed by atoms with van der Waals surface area (Å²) < 4.78 is 1.83. The highest BCUT2D eigenvalue weighted by molar-refractivity contribution is 7.10. The number of rotatable bonds is 6. The average molecular weight is 328 g/mol. The second-order valence-electron chi connectivity index (χ2n) is 5.67. The fraction of sp³-hybridized carbons (Fsp3) is 0.375. The Labute approximate surface area is 139 Å². The highest BCUT2D eigenvalue weighted by atomic mass is 32.1. The number of benzene rings is 1. The SMILES string of the molecule is CC(C)n1nnnc1CN[C@H](C)c1nc(-c2ccccc2)cs1. The van der Waals surface area contributed by atoms with Crippen molar-refractivity contribution in [3.8, 4) is 11.3 Å². The van der Waals surface area contributed by atoms with Crippen molar-refractivity contribution in [2.45, 2.75) is 39.4 Å². The van der Waals surface area contributed by atoms with E-state index in [9.17, 15) is 0 Å². The number of hydrogen-bond donors (Lipinski definition) is 1. The van der Waals surface area contributed by atoms with Gasteiger partial charge in [0.15, 0.2) is 5.82 Å². The molecule has 3 rings (SSSR count). The van der Waals surface area contributed by atoms with Crippen LogP contribution in [0.25, 0.3) is 11.3 Å². The first-order valence-electron chi connectivity index (χ1n) is 7.66. The summed E-state index contributed by atoms with van der Waals surface area (Å²) in [6, 6.07) is 10.6. The topological polar surface area (TPSA) is 68.5 Å². The zero-order valence-electron chi connectivity index (χ0n) is 13.5. The Balaban J connectivity index is 1.66. The van der Waals surface area contributed by atoms with Crippen LogP contribution in [0.5, 0.6) is 0 Å². The van der Waals surface area contributed by atoms with Crippen molar-refractivity contribution in [3.05, 3.63) is 46.5 Å². The highest BCUT2D eigenvalue weighted by Crippen LogP contribution is 2.25. The molecule has 120 valence electrons. The van der Waals surface area contributed by atoms with Crippen LogP contribution in [0.3, 0.4) is 0 Å². The predicted molar refractivity (Wildman–Crippen MR) is 91.0 cm³/mol. The molecule has 23 heavy (non-hydrogen) atoms. The third-order valence-electron chi connectivity index (χ3n) is 3.58. The third-order valence-corrected chi connectivity index (χ3v) is 4.61. The van der Waals surface area contributed by atoms with Crippen molar-refractivity contribution in [1.29, 1.82) is 0 Å². The number of hydrogen-bond acceptors (Lipinski definition) is 6. The molecule has 0 aliphatic rings. The van der Waals surface area contributed by atoms with Crippen molar-refractivity contribution in [3.63, 3.8) is 0 Å². The van der Waals surface area contributed by atoms with Crippen LogP contribution in [0.4, 0.5) is 0 Å². The number of aromatic nitrogens is 5. The molecule has 0 spiro atoms. The Morgan fingerprint density at radius 2 is 1.96 bits per heavy atom. The lowest BCUT2D eigenvalue weighted by molar-refractivity contribution is 0.468. The number of nitrogens with zero attached hydrogens (tertiary/aromatic N) is 5. The van der Waals surface area contributed by atoms with Gasteiger partial charge in [0.2, 0.25) is 0 Å². The number of nitrogens with one attached hydrogen (secondary N) is 1. The molecule has 0 amide bonds. The lowest BCUT2D eigenvalue weighted by Gasteiger charge is -2.12. The van der Waals surface area contributed by atoms with Crippen molar-refractivity contribution in [2.24, 2.45) is 0 Å². The van der Waals surface area contributed by atoms with Crippen LogP contribution in [0, 0.1) is 0 Å². The summed E-state index contributed by atoms with van der Waals surface area (Å²) in [5, 5.41) is 18.4. The van der Waals surface area contributed by atoms with E-state index in [-0.39, 0.29) is 12.1 Å². The van der Waals surface area contributed by atoms with E-state index in [1.165, 1.54) is 0 Å². The second-order valence-corrected chi connectivity index (χ2v) is 6.56. The normalized spacial score (nSPS) is 12.7. The third kappa shape index (κ3) is 3.62. The van der Waals surface area contributed by atoms with Crippen LogP contribution in [0.15, 0.2) is 35.7 Å². The molecule has 0 saturated heterocycles. The minimum Gasteiger partial charge on any atom is -0.301 e. The maximum atomic E-state index is 4.74. The Morgan fingerprint density at radius 1 is 1.17 bits per heavy atom. The van der Waals surface area contributed by atoms with Crippen LogP contribution in [-0.2, 0) is 6.54 Å². The van der Waals surface area contributed by atoms with Crippen LogP contribution in [0.1, 0.15) is 43.7 Å². The molecular weight excluding hydrogens is 308 g/mol. The monoisotopic (exact) mass is 328 g/mol. The highest BCUT2D eigenvalue weighted by Gasteiger charge is 2.14. The standard InChI is InChI=1S/C16H20N6S/c1-11(2)22-15(19-20-21-22)9-17-12(3)16-18-14(10-23-16)13-7-5-4-6-8-13/h4-8,10-12,17H,9H2,1-3H3/t12-/m1/s1. The zero-order valence-corrected chi connectivity index (χ0v) is 14.3. The molecule has 6 nitrogen and oxygen atoms in total. The van der Waals surface area contributed by atoms with E-state index in [2.05, 4.69) is 59.1 Å². The van der Waals surface area contributed by atoms with Crippen molar-refractivity contribution >= 4 is 11.3 Å². The summed E-state index contributed by atoms with van der Waals surface area (Å²) in [5.41, 5.74) is 2.16. The second kappa shape index (κ2) is 6.97. The summed E-state index contributed by atoms with van der Waals surface area (Å²) in [5.74, 6) is 0.840. The molecule has 0 bridgehead atoms. The first-order valence-corrected chi connectivity index (χ1v) is 8.54. The fourth-order valence-corrected chi connectivity index (χ4v) is 3.15. The van der Waals surface area contributed by atoms with Gasteiger partial charge in [0, 0.05) is 10.9 Å². The molecule has 0 aliphatic carbocycles. The van der Waals surface area contributed by atoms with Gasteiger partial charge in [0.25, 0.3) is 0 Å². The maximum absolute atomic E-state index is 4.74. The minimum atomic E-state index is 0.148. The van der Waals surface area contributed by atoms with E-state index in [0.29, 0.717) is 6.54 Å². The quantitative estimate of drug-likeness (QED) is 0.752. The van der Waals surface area contributed by atoms with Gasteiger partial charge in [0.05, 0.1) is 24.3 Å². The van der Waals surface area contributed by atoms with E-state index in [1.54, 1.807) is 11.3 Å². The molecule has 0 saturated carbocycles. The van der Waals surface area contributed by atoms with Gasteiger partial charge in [-0.15, -0.1) is 16.4 Å². The van der Waals surface area contributed by atoms with Crippen molar-refractivity contribution in [1.82, 2.24) is 30.5 Å². The van der Waals surface area contributed by atoms with Gasteiger partial charge in [-0.05, 0) is 31.2 Å². The summed E-state index contributed by atoms with van der Waals surface area (Å²) in [4.78, 5) is 4.74. The first kappa shape index (κ1) is 15.8. The molecule has 3 aromatic rings. The van der Waals surface area contributed by atoms with Crippen LogP contribution in [-0.4, -0.2) is 25.2 Å². The van der Waals surface area contributed by atoms with Gasteiger partial charge in [-0.2, -0.15) is 0 Å². The van der Waals surface area contributed by atoms with Gasteiger partial charge in [0.1, 0.15) is 5.01 Å². The number of thiazole rings is 1. The smallest absolute Gasteiger partial charge is 0.165 e. The largest absolute Gasteiger partial charge is 0.301 e. The minimum absolute atomic E-state index is 0.148. The molecule has 7 heteroatoms. The van der Waals surface area contributed by atoms with Crippen LogP contribution < -0.4 is 5.32 Å². The summed E-state index contributed by atoms with van der Waals surface area (Å²) in [7, 11) is 0. The fourth-order valence-electron chi connectivity index (χ4n) is 2.29. The maximum Gasteiger partial charge on any atom is 0.165 e. The lowest BCUT2D eigenvalue weighted by atomic mass is 10.2. The zero-order chi connectivity index (χ0) is 16.2. The Bertz CT molecular complexity index is 749. The summed E-state index contributed by atoms with van der Waals surface area (Å²) in [6.45, 7) is 6.86. The van der Waals surface area contributed by atoms with E-state index in [1.807, 2.05) is 22.9 Å². The molecule has 2 heterocycles. The molecule has 2 aromatic heterocycles. The average Bonchev–Trinajstić information content (AvgIpc) is 3.22. The van der Waals surface area contributed by atoms with Gasteiger partial charge in [-0.25, -0.2) is 9.67 Å². The summed E-state index contributed by atoms with van der Waals surface area (Å²) >= 11 is 1.67. The van der Waals surface area contributed by atoms with Gasteiger partial charge >= 0.3 is 0 Å². The predicted octanol–water partition coefficient (Wildman–Crippen LogP) is 3.23. The molecular formula is C16H20N6S. The Kier molecular flexibility index (Phi) is 4.78. The molecule has 0 radical (unpaired) electrons. The number of tetrazole rings is 1. The van der Waals surface area contributed by atoms with Crippen molar-refractivity contribution in [2.75, 3.05) is 0 Å². The van der Waals surface area contributed by atoms with Crippen molar-refractivity contribution < 1.29 is 0 Å². The first-order chi connectivity index (χ1) is 11.1. The lowest BCUT2D eigenvalue weighted by Crippen LogP contribution is -2.21. The van der Waals surface area contributed by atoms with Crippen LogP contribution >= 0.6 is 11.3 Å². The molecule has 0 unspecified atom stereocenters. The summed E-state index contributed by atoms with van der Waals surface area (Å²) in [6.07, 6.45) is 0. The van der Waals surface area contributed by atoms with E-state index in [0.717, 1.165) is 22.1 Å². The Morgan fingerprint density at radius 3 is 2.70 bits per heavy atom. The van der Waals surface area contributed by atoms with Gasteiger partial charge < -0.3 is 5.32 Å². The van der Waals surface area contributed by atoms with Crippen LogP contribution in [0.2, 0.25) is 0 Å². The Hall–Kier alpha value is -2.12. The molecule has 1 N–H and O–H groups in total. The van der Waals surface area contributed by atoms with E-state index in [4.69, 9.17) is 4.98 Å². The molecule has 1 atom stereocenters. The van der Waals surface area contributed by atoms with E-state index >= 15 is 0 Å². The van der Waals surface area contributed by atoms with Gasteiger partial charge in [-0.1, -0.05) is 30.3 Å². The van der Waals surface area contributed by atoms with Gasteiger partial charge in [-0.3, -0.25) is 0 Å². The molecule has 0 aliphatic heterocycles. The molecule has 0 fully saturated rings. The van der Waals surface area contributed by atoms with E-state index < -0.39 is 0 Å². The molecule has 1 aromatic carbocycles.